The zero-order valence-electron chi connectivity index (χ0n) is 21.8. The van der Waals surface area contributed by atoms with Gasteiger partial charge < -0.3 is 29.9 Å². The Morgan fingerprint density at radius 3 is 2.59 bits per heavy atom. The van der Waals surface area contributed by atoms with E-state index in [-0.39, 0.29) is 47.1 Å². The third-order valence-corrected chi connectivity index (χ3v) is 6.29. The zero-order chi connectivity index (χ0) is 28.1. The number of nitrogens with zero attached hydrogens (tertiary/aromatic N) is 5. The number of carbonyl (C=O) groups excluding carboxylic acids is 1. The maximum atomic E-state index is 15.0. The Hall–Kier alpha value is -3.52. The van der Waals surface area contributed by atoms with E-state index in [1.165, 1.54) is 16.8 Å². The minimum atomic E-state index is -2.91. The third-order valence-electron chi connectivity index (χ3n) is 6.29. The fourth-order valence-corrected chi connectivity index (χ4v) is 4.48. The van der Waals surface area contributed by atoms with Crippen molar-refractivity contribution in [2.24, 2.45) is 0 Å². The van der Waals surface area contributed by atoms with Gasteiger partial charge in [0.15, 0.2) is 28.8 Å². The van der Waals surface area contributed by atoms with E-state index in [4.69, 9.17) is 17.3 Å². The number of aromatic nitrogens is 4. The summed E-state index contributed by atoms with van der Waals surface area (Å²) >= 11 is 0. The molecule has 206 valence electrons. The Morgan fingerprint density at radius 2 is 1.92 bits per heavy atom. The normalized spacial score (nSPS) is 18.3. The quantitative estimate of drug-likeness (QED) is 0.318. The van der Waals surface area contributed by atoms with Gasteiger partial charge in [-0.3, -0.25) is 0 Å². The Bertz CT molecular complexity index is 1400. The van der Waals surface area contributed by atoms with Crippen LogP contribution in [0.15, 0.2) is 18.3 Å². The van der Waals surface area contributed by atoms with Gasteiger partial charge in [0.2, 0.25) is 7.85 Å². The molecule has 3 N–H and O–H groups in total. The number of hydrogen-bond acceptors (Lipinski definition) is 9. The first-order valence-electron chi connectivity index (χ1n) is 12.7. The number of piperidine rings is 1. The molecule has 4 heterocycles. The molecular formula is C25H29BF2N6O5. The van der Waals surface area contributed by atoms with Gasteiger partial charge in [-0.2, -0.15) is 5.10 Å². The van der Waals surface area contributed by atoms with E-state index in [0.29, 0.717) is 25.1 Å². The van der Waals surface area contributed by atoms with Gasteiger partial charge in [-0.1, -0.05) is 0 Å². The van der Waals surface area contributed by atoms with Crippen molar-refractivity contribution in [3.63, 3.8) is 0 Å². The number of nitrogens with one attached hydrogen (secondary N) is 1. The molecule has 0 spiro atoms. The number of likely N-dealkylation sites (tertiary alicyclic amines) is 1. The van der Waals surface area contributed by atoms with E-state index in [1.54, 1.807) is 25.7 Å². The summed E-state index contributed by atoms with van der Waals surface area (Å²) in [4.78, 5) is 22.5. The number of imidazole rings is 1. The van der Waals surface area contributed by atoms with E-state index in [0.717, 1.165) is 18.9 Å². The molecule has 3 aromatic rings. The molecule has 1 aliphatic carbocycles. The van der Waals surface area contributed by atoms with Crippen LogP contribution in [-0.4, -0.2) is 79.2 Å². The highest BCUT2D eigenvalue weighted by Crippen LogP contribution is 2.44. The molecule has 0 aromatic carbocycles. The lowest BCUT2D eigenvalue weighted by Gasteiger charge is -2.34. The van der Waals surface area contributed by atoms with Crippen molar-refractivity contribution >= 4 is 25.4 Å². The summed E-state index contributed by atoms with van der Waals surface area (Å²) in [7, 11) is 5.18. The van der Waals surface area contributed by atoms with Crippen molar-refractivity contribution in [1.29, 1.82) is 0 Å². The number of fused-ring (bicyclic) bond motifs is 1. The average Bonchev–Trinajstić information content (AvgIpc) is 3.59. The molecule has 1 amide bonds. The third kappa shape index (κ3) is 6.22. The number of anilines is 1. The first-order chi connectivity index (χ1) is 18.3. The van der Waals surface area contributed by atoms with Crippen LogP contribution in [0.25, 0.3) is 17.0 Å². The second kappa shape index (κ2) is 9.90. The Kier molecular flexibility index (Phi) is 6.87. The predicted octanol–water partition coefficient (Wildman–Crippen LogP) is 2.90. The largest absolute Gasteiger partial charge is 0.447 e. The summed E-state index contributed by atoms with van der Waals surface area (Å²) in [6.45, 7) is 6.13. The van der Waals surface area contributed by atoms with E-state index in [1.807, 2.05) is 0 Å². The Morgan fingerprint density at radius 1 is 1.18 bits per heavy atom. The number of carbonyl (C=O) groups is 1. The van der Waals surface area contributed by atoms with E-state index < -0.39 is 29.2 Å². The monoisotopic (exact) mass is 542 g/mol. The number of halogens is 2. The van der Waals surface area contributed by atoms with Crippen molar-refractivity contribution in [3.05, 3.63) is 35.7 Å². The van der Waals surface area contributed by atoms with Crippen molar-refractivity contribution in [2.75, 3.05) is 18.4 Å². The van der Waals surface area contributed by atoms with Gasteiger partial charge in [-0.05, 0) is 46.5 Å². The second-order valence-electron chi connectivity index (χ2n) is 10.9. The van der Waals surface area contributed by atoms with Crippen molar-refractivity contribution in [3.8, 4) is 17.1 Å². The first-order valence-corrected chi connectivity index (χ1v) is 12.7. The highest BCUT2D eigenvalue weighted by Gasteiger charge is 2.33. The van der Waals surface area contributed by atoms with Crippen LogP contribution in [0, 0.1) is 11.6 Å². The van der Waals surface area contributed by atoms with Gasteiger partial charge in [0, 0.05) is 37.2 Å². The molecule has 11 nitrogen and oxygen atoms in total. The standard InChI is InChI=1S/C25H29BF2N6O5/c1-24(2,3)39-23(35)33-8-4-5-14(12-33)30-22-16(28)9-15(27)21(31-22)17-11-29-19-10-18(38-25(26,36)37)20(13-6-7-13)32-34(17)19/h9-11,13-14,36-37H,4-8,12H2,1-3H3,(H,30,31). The van der Waals surface area contributed by atoms with E-state index in [9.17, 15) is 19.4 Å². The van der Waals surface area contributed by atoms with Gasteiger partial charge in [-0.15, -0.1) is 0 Å². The summed E-state index contributed by atoms with van der Waals surface area (Å²) in [5.74, 6) is -4.86. The minimum Gasteiger partial charge on any atom is -0.447 e. The van der Waals surface area contributed by atoms with E-state index >= 15 is 4.39 Å². The molecule has 1 atom stereocenters. The van der Waals surface area contributed by atoms with Gasteiger partial charge in [0.1, 0.15) is 22.7 Å². The lowest BCUT2D eigenvalue weighted by Crippen LogP contribution is -2.47. The second-order valence-corrected chi connectivity index (χ2v) is 10.9. The SMILES string of the molecule is [B]C(O)(O)Oc1cc2ncc(-c3nc(NC4CCCN(C(=O)OC(C)(C)C)C4)c(F)cc3F)n2nc1C1CC1. The number of rotatable bonds is 6. The molecule has 1 saturated carbocycles. The van der Waals surface area contributed by atoms with Crippen LogP contribution in [0.2, 0.25) is 0 Å². The van der Waals surface area contributed by atoms with Crippen LogP contribution < -0.4 is 10.1 Å². The summed E-state index contributed by atoms with van der Waals surface area (Å²) in [6, 6.07) is 1.81. The number of aliphatic hydroxyl groups is 2. The molecule has 2 radical (unpaired) electrons. The molecule has 1 saturated heterocycles. The number of ether oxygens (including phenoxy) is 2. The zero-order valence-corrected chi connectivity index (χ0v) is 21.8. The van der Waals surface area contributed by atoms with Crippen LogP contribution in [0.5, 0.6) is 5.75 Å². The maximum Gasteiger partial charge on any atom is 0.410 e. The van der Waals surface area contributed by atoms with Gasteiger partial charge in [0.25, 0.3) is 5.87 Å². The number of pyridine rings is 1. The lowest BCUT2D eigenvalue weighted by molar-refractivity contribution is -0.224. The Labute approximate surface area is 224 Å². The fourth-order valence-electron chi connectivity index (χ4n) is 4.48. The molecule has 39 heavy (non-hydrogen) atoms. The van der Waals surface area contributed by atoms with Crippen LogP contribution in [0.3, 0.4) is 0 Å². The number of hydrogen-bond donors (Lipinski definition) is 3. The van der Waals surface area contributed by atoms with E-state index in [2.05, 4.69) is 20.4 Å². The molecule has 1 aliphatic heterocycles. The topological polar surface area (TPSA) is 134 Å². The molecule has 1 unspecified atom stereocenters. The fraction of sp³-hybridized carbons (Fsp3) is 0.520. The van der Waals surface area contributed by atoms with Crippen LogP contribution >= 0.6 is 0 Å². The maximum absolute atomic E-state index is 15.0. The van der Waals surface area contributed by atoms with Crippen molar-refractivity contribution in [2.45, 2.75) is 69.9 Å². The first kappa shape index (κ1) is 27.1. The predicted molar refractivity (Wildman–Crippen MR) is 136 cm³/mol. The highest BCUT2D eigenvalue weighted by atomic mass is 19.1. The Balaban J connectivity index is 1.43. The summed E-state index contributed by atoms with van der Waals surface area (Å²) in [5.41, 5.74) is -0.0786. The molecular weight excluding hydrogens is 513 g/mol. The summed E-state index contributed by atoms with van der Waals surface area (Å²) in [6.07, 6.45) is 3.79. The molecule has 5 rings (SSSR count). The molecule has 3 aromatic heterocycles. The molecule has 14 heteroatoms. The minimum absolute atomic E-state index is 0.00975. The van der Waals surface area contributed by atoms with Gasteiger partial charge in [0.05, 0.1) is 6.20 Å². The highest BCUT2D eigenvalue weighted by molar-refractivity contribution is 6.12. The summed E-state index contributed by atoms with van der Waals surface area (Å²) in [5, 5.41) is 26.5. The average molecular weight is 542 g/mol. The van der Waals surface area contributed by atoms with Crippen molar-refractivity contribution in [1.82, 2.24) is 24.5 Å². The molecule has 2 fully saturated rings. The van der Waals surface area contributed by atoms with Gasteiger partial charge in [-0.25, -0.2) is 28.1 Å². The lowest BCUT2D eigenvalue weighted by atomic mass is 10.1. The molecule has 0 bridgehead atoms. The summed E-state index contributed by atoms with van der Waals surface area (Å²) < 4.78 is 41.7. The van der Waals surface area contributed by atoms with Gasteiger partial charge >= 0.3 is 6.09 Å². The smallest absolute Gasteiger partial charge is 0.410 e. The van der Waals surface area contributed by atoms with Crippen LogP contribution in [0.4, 0.5) is 19.4 Å². The van der Waals surface area contributed by atoms with Crippen molar-refractivity contribution < 1.29 is 33.3 Å². The molecule has 2 aliphatic rings. The van der Waals surface area contributed by atoms with Crippen LogP contribution in [0.1, 0.15) is 58.1 Å². The number of amides is 1. The van der Waals surface area contributed by atoms with Crippen LogP contribution in [-0.2, 0) is 4.74 Å².